The van der Waals surface area contributed by atoms with Gasteiger partial charge in [0.2, 0.25) is 0 Å². The minimum Gasteiger partial charge on any atom is -0.390 e. The number of amides is 1. The molecule has 0 saturated heterocycles. The second-order valence-corrected chi connectivity index (χ2v) is 6.11. The van der Waals surface area contributed by atoms with Crippen LogP contribution in [0.2, 0.25) is 0 Å². The van der Waals surface area contributed by atoms with E-state index in [1.165, 1.54) is 16.9 Å². The first kappa shape index (κ1) is 13.4. The number of thiophene rings is 1. The average molecular weight is 267 g/mol. The molecule has 2 N–H and O–H groups in total. The molecule has 100 valence electrons. The molecule has 5 heteroatoms. The first-order valence-corrected chi connectivity index (χ1v) is 7.20. The highest BCUT2D eigenvalue weighted by Crippen LogP contribution is 2.35. The summed E-state index contributed by atoms with van der Waals surface area (Å²) in [6.07, 6.45) is 2.11. The second kappa shape index (κ2) is 5.28. The van der Waals surface area contributed by atoms with Crippen LogP contribution in [0.4, 0.5) is 5.00 Å². The normalized spacial score (nSPS) is 15.5. The van der Waals surface area contributed by atoms with Crippen LogP contribution in [0.5, 0.6) is 0 Å². The van der Waals surface area contributed by atoms with Crippen molar-refractivity contribution in [3.05, 3.63) is 16.0 Å². The van der Waals surface area contributed by atoms with Crippen LogP contribution in [0.15, 0.2) is 0 Å². The Labute approximate surface area is 112 Å². The zero-order valence-corrected chi connectivity index (χ0v) is 12.1. The zero-order chi connectivity index (χ0) is 13.3. The molecule has 1 aromatic heterocycles. The molecule has 0 fully saturated rings. The summed E-state index contributed by atoms with van der Waals surface area (Å²) in [4.78, 5) is 17.5. The summed E-state index contributed by atoms with van der Waals surface area (Å²) >= 11 is 1.58. The first-order chi connectivity index (χ1) is 8.54. The lowest BCUT2D eigenvalue weighted by Gasteiger charge is -2.26. The molecule has 0 saturated carbocycles. The fourth-order valence-corrected chi connectivity index (χ4v) is 3.60. The Morgan fingerprint density at radius 3 is 2.83 bits per heavy atom. The zero-order valence-electron chi connectivity index (χ0n) is 11.3. The van der Waals surface area contributed by atoms with Crippen LogP contribution in [-0.4, -0.2) is 42.9 Å². The summed E-state index contributed by atoms with van der Waals surface area (Å²) < 4.78 is 0. The molecule has 0 atom stereocenters. The van der Waals surface area contributed by atoms with Crippen LogP contribution in [0.1, 0.15) is 34.1 Å². The van der Waals surface area contributed by atoms with Gasteiger partial charge in [0.1, 0.15) is 0 Å². The van der Waals surface area contributed by atoms with E-state index in [4.69, 9.17) is 5.73 Å². The summed E-state index contributed by atoms with van der Waals surface area (Å²) in [6.45, 7) is 5.29. The molecule has 1 aromatic rings. The third-order valence-corrected chi connectivity index (χ3v) is 4.37. The monoisotopic (exact) mass is 267 g/mol. The fraction of sp³-hybridized carbons (Fsp3) is 0.615. The number of carbonyl (C=O) groups is 1. The quantitative estimate of drug-likeness (QED) is 0.908. The van der Waals surface area contributed by atoms with E-state index >= 15 is 0 Å². The largest absolute Gasteiger partial charge is 0.390 e. The van der Waals surface area contributed by atoms with E-state index < -0.39 is 0 Å². The third kappa shape index (κ3) is 2.37. The Hall–Kier alpha value is -1.07. The minimum atomic E-state index is 0.0361. The maximum Gasteiger partial charge on any atom is 0.256 e. The van der Waals surface area contributed by atoms with Crippen molar-refractivity contribution < 1.29 is 4.79 Å². The molecule has 0 bridgehead atoms. The average Bonchev–Trinajstić information content (AvgIpc) is 2.63. The number of carbonyl (C=O) groups excluding carboxylic acids is 1. The lowest BCUT2D eigenvalue weighted by Crippen LogP contribution is -2.31. The molecule has 1 aliphatic heterocycles. The van der Waals surface area contributed by atoms with Crippen molar-refractivity contribution in [2.75, 3.05) is 32.9 Å². The van der Waals surface area contributed by atoms with E-state index in [1.807, 2.05) is 0 Å². The Morgan fingerprint density at radius 2 is 2.22 bits per heavy atom. The molecule has 4 nitrogen and oxygen atoms in total. The van der Waals surface area contributed by atoms with Crippen LogP contribution in [0.3, 0.4) is 0 Å². The highest BCUT2D eigenvalue weighted by molar-refractivity contribution is 7.16. The summed E-state index contributed by atoms with van der Waals surface area (Å²) in [5.74, 6) is 0.0361. The van der Waals surface area contributed by atoms with Crippen molar-refractivity contribution >= 4 is 22.2 Å². The van der Waals surface area contributed by atoms with E-state index in [2.05, 4.69) is 11.8 Å². The van der Waals surface area contributed by atoms with Gasteiger partial charge in [0.05, 0.1) is 10.6 Å². The van der Waals surface area contributed by atoms with E-state index in [0.717, 1.165) is 31.6 Å². The molecule has 0 spiro atoms. The van der Waals surface area contributed by atoms with E-state index in [1.54, 1.807) is 30.3 Å². The van der Waals surface area contributed by atoms with Gasteiger partial charge in [-0.2, -0.15) is 0 Å². The molecule has 2 heterocycles. The maximum absolute atomic E-state index is 12.1. The molecule has 2 rings (SSSR count). The summed E-state index contributed by atoms with van der Waals surface area (Å²) in [7, 11) is 3.55. The Bertz CT molecular complexity index is 453. The summed E-state index contributed by atoms with van der Waals surface area (Å²) in [5.41, 5.74) is 7.96. The van der Waals surface area contributed by atoms with E-state index in [-0.39, 0.29) is 5.91 Å². The van der Waals surface area contributed by atoms with Crippen LogP contribution in [-0.2, 0) is 13.0 Å². The molecule has 1 amide bonds. The van der Waals surface area contributed by atoms with Gasteiger partial charge in [-0.3, -0.25) is 9.69 Å². The second-order valence-electron chi connectivity index (χ2n) is 4.97. The number of anilines is 1. The minimum absolute atomic E-state index is 0.0361. The Kier molecular flexibility index (Phi) is 3.92. The standard InChI is InChI=1S/C13H21N3OS/c1-4-6-16-7-5-9-10(8-16)18-12(14)11(9)13(17)15(2)3/h4-8,14H2,1-3H3. The number of fused-ring (bicyclic) bond motifs is 1. The van der Waals surface area contributed by atoms with Crippen LogP contribution in [0.25, 0.3) is 0 Å². The van der Waals surface area contributed by atoms with E-state index in [0.29, 0.717) is 5.00 Å². The van der Waals surface area contributed by atoms with Crippen molar-refractivity contribution in [2.45, 2.75) is 26.3 Å². The molecule has 0 unspecified atom stereocenters. The van der Waals surface area contributed by atoms with Gasteiger partial charge in [-0.15, -0.1) is 11.3 Å². The lowest BCUT2D eigenvalue weighted by atomic mass is 10.0. The molecule has 18 heavy (non-hydrogen) atoms. The molecular formula is C13H21N3OS. The molecule has 0 aromatic carbocycles. The smallest absolute Gasteiger partial charge is 0.256 e. The Balaban J connectivity index is 2.29. The van der Waals surface area contributed by atoms with E-state index in [9.17, 15) is 4.79 Å². The highest BCUT2D eigenvalue weighted by atomic mass is 32.1. The van der Waals surface area contributed by atoms with Gasteiger partial charge < -0.3 is 10.6 Å². The van der Waals surface area contributed by atoms with Crippen molar-refractivity contribution in [2.24, 2.45) is 0 Å². The molecule has 1 aliphatic rings. The van der Waals surface area contributed by atoms with Gasteiger partial charge in [-0.25, -0.2) is 0 Å². The van der Waals surface area contributed by atoms with Crippen molar-refractivity contribution in [1.29, 1.82) is 0 Å². The van der Waals surface area contributed by atoms with Gasteiger partial charge in [0.25, 0.3) is 5.91 Å². The topological polar surface area (TPSA) is 49.6 Å². The van der Waals surface area contributed by atoms with Crippen molar-refractivity contribution in [3.63, 3.8) is 0 Å². The van der Waals surface area contributed by atoms with Crippen LogP contribution < -0.4 is 5.73 Å². The number of nitrogens with zero attached hydrogens (tertiary/aromatic N) is 2. The molecular weight excluding hydrogens is 246 g/mol. The van der Waals surface area contributed by atoms with Crippen LogP contribution >= 0.6 is 11.3 Å². The fourth-order valence-electron chi connectivity index (χ4n) is 2.44. The predicted molar refractivity (Wildman–Crippen MR) is 76.0 cm³/mol. The predicted octanol–water partition coefficient (Wildman–Crippen LogP) is 1.80. The number of hydrogen-bond acceptors (Lipinski definition) is 4. The van der Waals surface area contributed by atoms with Gasteiger partial charge in [-0.1, -0.05) is 6.92 Å². The maximum atomic E-state index is 12.1. The van der Waals surface area contributed by atoms with Gasteiger partial charge in [0, 0.05) is 32.1 Å². The molecule has 0 radical (unpaired) electrons. The summed E-state index contributed by atoms with van der Waals surface area (Å²) in [6, 6.07) is 0. The highest BCUT2D eigenvalue weighted by Gasteiger charge is 2.27. The van der Waals surface area contributed by atoms with Gasteiger partial charge >= 0.3 is 0 Å². The van der Waals surface area contributed by atoms with Gasteiger partial charge in [0.15, 0.2) is 0 Å². The summed E-state index contributed by atoms with van der Waals surface area (Å²) in [5, 5.41) is 0.678. The van der Waals surface area contributed by atoms with Crippen molar-refractivity contribution in [1.82, 2.24) is 9.80 Å². The lowest BCUT2D eigenvalue weighted by molar-refractivity contribution is 0.0827. The van der Waals surface area contributed by atoms with Gasteiger partial charge in [-0.05, 0) is 24.9 Å². The Morgan fingerprint density at radius 1 is 1.50 bits per heavy atom. The number of rotatable bonds is 3. The third-order valence-electron chi connectivity index (χ3n) is 3.32. The van der Waals surface area contributed by atoms with Crippen LogP contribution in [0, 0.1) is 0 Å². The first-order valence-electron chi connectivity index (χ1n) is 6.38. The number of hydrogen-bond donors (Lipinski definition) is 1. The SMILES string of the molecule is CCCN1CCc2c(sc(N)c2C(=O)N(C)C)C1. The van der Waals surface area contributed by atoms with Crippen molar-refractivity contribution in [3.8, 4) is 0 Å². The number of nitrogen functional groups attached to an aromatic ring is 1. The molecule has 0 aliphatic carbocycles. The number of nitrogens with two attached hydrogens (primary N) is 1.